The molecule has 0 amide bonds. The highest BCUT2D eigenvalue weighted by molar-refractivity contribution is 8.03. The Hall–Kier alpha value is -3.39. The highest BCUT2D eigenvalue weighted by Crippen LogP contribution is 2.35. The number of aliphatic hydroxyl groups excluding tert-OH is 1. The van der Waals surface area contributed by atoms with Crippen molar-refractivity contribution in [2.45, 2.75) is 19.0 Å². The molecule has 2 N–H and O–H groups in total. The van der Waals surface area contributed by atoms with Gasteiger partial charge in [-0.15, -0.1) is 10.2 Å². The van der Waals surface area contributed by atoms with Gasteiger partial charge in [0.05, 0.1) is 4.91 Å². The van der Waals surface area contributed by atoms with E-state index in [1.165, 1.54) is 26.0 Å². The number of para-hydroxylation sites is 1. The summed E-state index contributed by atoms with van der Waals surface area (Å²) in [7, 11) is 0. The number of carbonyl (C=O) groups excluding carboxylic acids is 1. The summed E-state index contributed by atoms with van der Waals surface area (Å²) in [6.45, 7) is 2.82. The fraction of sp³-hybridized carbons (Fsp3) is 0.0952. The molecular weight excluding hydrogens is 391 g/mol. The minimum atomic E-state index is -0.361. The lowest BCUT2D eigenvalue weighted by atomic mass is 10.1. The summed E-state index contributed by atoms with van der Waals surface area (Å²) in [6.07, 6.45) is 1.84. The maximum Gasteiger partial charge on any atom is 0.201 e. The third kappa shape index (κ3) is 3.54. The fourth-order valence-corrected chi connectivity index (χ4v) is 3.92. The molecule has 0 fully saturated rings. The number of carbonyl (C=O) groups is 1. The second kappa shape index (κ2) is 7.56. The van der Waals surface area contributed by atoms with E-state index in [0.29, 0.717) is 16.7 Å². The van der Waals surface area contributed by atoms with E-state index in [1.54, 1.807) is 16.7 Å². The van der Waals surface area contributed by atoms with Gasteiger partial charge in [-0.25, -0.2) is 4.39 Å². The molecule has 0 spiro atoms. The minimum Gasteiger partial charge on any atom is -0.511 e. The number of nitrogens with zero attached hydrogens (tertiary/aromatic N) is 3. The van der Waals surface area contributed by atoms with Crippen LogP contribution in [-0.2, 0) is 4.79 Å². The Bertz CT molecular complexity index is 1240. The summed E-state index contributed by atoms with van der Waals surface area (Å²) in [5, 5.41) is 19.8. The van der Waals surface area contributed by atoms with Crippen LogP contribution in [0.15, 0.2) is 70.5 Å². The van der Waals surface area contributed by atoms with E-state index < -0.39 is 0 Å². The first kappa shape index (κ1) is 18.9. The number of nitrogens with one attached hydrogen (secondary N) is 1. The van der Waals surface area contributed by atoms with Crippen molar-refractivity contribution in [3.63, 3.8) is 0 Å². The number of benzene rings is 2. The van der Waals surface area contributed by atoms with Gasteiger partial charge in [0.25, 0.3) is 0 Å². The predicted molar refractivity (Wildman–Crippen MR) is 110 cm³/mol. The number of fused-ring (bicyclic) bond motifs is 1. The van der Waals surface area contributed by atoms with Crippen molar-refractivity contribution in [2.75, 3.05) is 0 Å². The van der Waals surface area contributed by atoms with E-state index in [9.17, 15) is 14.3 Å². The second-order valence-corrected chi connectivity index (χ2v) is 7.42. The predicted octanol–water partition coefficient (Wildman–Crippen LogP) is 5.03. The average molecular weight is 408 g/mol. The van der Waals surface area contributed by atoms with Crippen LogP contribution in [0.2, 0.25) is 0 Å². The Labute approximate surface area is 170 Å². The van der Waals surface area contributed by atoms with E-state index in [4.69, 9.17) is 0 Å². The zero-order valence-corrected chi connectivity index (χ0v) is 16.5. The van der Waals surface area contributed by atoms with Gasteiger partial charge in [0.1, 0.15) is 11.6 Å². The van der Waals surface area contributed by atoms with Crippen LogP contribution in [-0.4, -0.2) is 30.6 Å². The molecule has 0 aliphatic rings. The monoisotopic (exact) mass is 408 g/mol. The van der Waals surface area contributed by atoms with Crippen LogP contribution in [0.1, 0.15) is 13.8 Å². The van der Waals surface area contributed by atoms with Crippen LogP contribution in [0.5, 0.6) is 0 Å². The number of thioether (sulfide) groups is 1. The Kier molecular flexibility index (Phi) is 4.94. The van der Waals surface area contributed by atoms with Crippen LogP contribution < -0.4 is 0 Å². The first-order chi connectivity index (χ1) is 14.0. The SMILES string of the molecule is CC(=O)/C(Sc1nnc(-c2c[nH]c3ccccc23)n1-c1ccc(F)cc1)=C(\C)O. The van der Waals surface area contributed by atoms with Crippen LogP contribution >= 0.6 is 11.8 Å². The van der Waals surface area contributed by atoms with Crippen LogP contribution in [0.4, 0.5) is 4.39 Å². The number of H-pyrrole nitrogens is 1. The highest BCUT2D eigenvalue weighted by atomic mass is 32.2. The number of rotatable bonds is 5. The number of hydrogen-bond donors (Lipinski definition) is 2. The first-order valence-corrected chi connectivity index (χ1v) is 9.64. The number of aromatic amines is 1. The Morgan fingerprint density at radius 3 is 2.52 bits per heavy atom. The van der Waals surface area contributed by atoms with E-state index in [0.717, 1.165) is 28.2 Å². The molecule has 4 aromatic rings. The number of allylic oxidation sites excluding steroid dienone is 2. The summed E-state index contributed by atoms with van der Waals surface area (Å²) in [5.41, 5.74) is 2.40. The van der Waals surface area contributed by atoms with E-state index in [1.807, 2.05) is 30.5 Å². The van der Waals surface area contributed by atoms with Gasteiger partial charge >= 0.3 is 0 Å². The maximum atomic E-state index is 13.5. The number of aliphatic hydroxyl groups is 1. The van der Waals surface area contributed by atoms with Crippen molar-refractivity contribution >= 4 is 28.4 Å². The number of Topliss-reactive ketones (excluding diaryl/α,β-unsaturated/α-hetero) is 1. The van der Waals surface area contributed by atoms with Gasteiger partial charge in [-0.05, 0) is 55.9 Å². The number of hydrogen-bond acceptors (Lipinski definition) is 5. The normalized spacial score (nSPS) is 12.2. The summed E-state index contributed by atoms with van der Waals surface area (Å²) in [5.74, 6) is -0.197. The van der Waals surface area contributed by atoms with Gasteiger partial charge in [-0.3, -0.25) is 9.36 Å². The van der Waals surface area contributed by atoms with Gasteiger partial charge in [-0.2, -0.15) is 0 Å². The Morgan fingerprint density at radius 2 is 1.83 bits per heavy atom. The topological polar surface area (TPSA) is 83.8 Å². The molecule has 0 saturated heterocycles. The third-order valence-electron chi connectivity index (χ3n) is 4.39. The standard InChI is InChI=1S/C21H17FN4O2S/c1-12(27)19(13(2)28)29-21-25-24-20(26(21)15-9-7-14(22)8-10-15)17-11-23-18-6-4-3-5-16(17)18/h3-11,23,27H,1-2H3/b19-12-. The van der Waals surface area contributed by atoms with E-state index in [-0.39, 0.29) is 22.3 Å². The summed E-state index contributed by atoms with van der Waals surface area (Å²) >= 11 is 1.02. The largest absolute Gasteiger partial charge is 0.511 e. The lowest BCUT2D eigenvalue weighted by Gasteiger charge is -2.11. The quantitative estimate of drug-likeness (QED) is 0.275. The van der Waals surface area contributed by atoms with Crippen LogP contribution in [0.25, 0.3) is 28.0 Å². The molecule has 0 saturated carbocycles. The van der Waals surface area contributed by atoms with Gasteiger partial charge in [0.2, 0.25) is 5.16 Å². The lowest BCUT2D eigenvalue weighted by molar-refractivity contribution is -0.113. The van der Waals surface area contributed by atoms with E-state index >= 15 is 0 Å². The molecular formula is C21H17FN4O2S. The molecule has 8 heteroatoms. The van der Waals surface area contributed by atoms with E-state index in [2.05, 4.69) is 15.2 Å². The molecule has 0 radical (unpaired) electrons. The molecule has 2 heterocycles. The molecule has 29 heavy (non-hydrogen) atoms. The van der Waals surface area contributed by atoms with Crippen LogP contribution in [0.3, 0.4) is 0 Å². The van der Waals surface area contributed by atoms with Gasteiger partial charge in [-0.1, -0.05) is 18.2 Å². The zero-order chi connectivity index (χ0) is 20.5. The molecule has 2 aromatic carbocycles. The van der Waals surface area contributed by atoms with Gasteiger partial charge in [0, 0.05) is 28.4 Å². The smallest absolute Gasteiger partial charge is 0.201 e. The number of halogens is 1. The van der Waals surface area contributed by atoms with Crippen LogP contribution in [0, 0.1) is 5.82 Å². The van der Waals surface area contributed by atoms with Gasteiger partial charge < -0.3 is 10.1 Å². The summed E-state index contributed by atoms with van der Waals surface area (Å²) in [4.78, 5) is 15.3. The van der Waals surface area contributed by atoms with Crippen molar-refractivity contribution in [3.05, 3.63) is 71.2 Å². The lowest BCUT2D eigenvalue weighted by Crippen LogP contribution is -2.02. The second-order valence-electron chi connectivity index (χ2n) is 6.44. The molecule has 146 valence electrons. The van der Waals surface area contributed by atoms with Crippen molar-refractivity contribution in [1.82, 2.24) is 19.7 Å². The molecule has 4 rings (SSSR count). The summed E-state index contributed by atoms with van der Waals surface area (Å²) in [6, 6.07) is 13.7. The zero-order valence-electron chi connectivity index (χ0n) is 15.7. The summed E-state index contributed by atoms with van der Waals surface area (Å²) < 4.78 is 15.2. The minimum absolute atomic E-state index is 0.0928. The molecule has 0 aliphatic heterocycles. The molecule has 6 nitrogen and oxygen atoms in total. The average Bonchev–Trinajstić information content (AvgIpc) is 3.30. The van der Waals surface area contributed by atoms with Crippen molar-refractivity contribution in [2.24, 2.45) is 0 Å². The molecule has 2 aromatic heterocycles. The Morgan fingerprint density at radius 1 is 1.10 bits per heavy atom. The number of ketones is 1. The van der Waals surface area contributed by atoms with Crippen molar-refractivity contribution < 1.29 is 14.3 Å². The maximum absolute atomic E-state index is 13.5. The number of aromatic nitrogens is 4. The van der Waals surface area contributed by atoms with Crippen molar-refractivity contribution in [3.8, 4) is 17.1 Å². The fourth-order valence-electron chi connectivity index (χ4n) is 3.08. The van der Waals surface area contributed by atoms with Gasteiger partial charge in [0.15, 0.2) is 11.6 Å². The van der Waals surface area contributed by atoms with Crippen molar-refractivity contribution in [1.29, 1.82) is 0 Å². The third-order valence-corrected chi connectivity index (χ3v) is 5.62. The first-order valence-electron chi connectivity index (χ1n) is 8.82. The molecule has 0 aliphatic carbocycles. The highest BCUT2D eigenvalue weighted by Gasteiger charge is 2.22. The molecule has 0 atom stereocenters. The molecule has 0 unspecified atom stereocenters. The Balaban J connectivity index is 1.93. The molecule has 0 bridgehead atoms.